The maximum Gasteiger partial charge on any atom is 0.128 e. The Bertz CT molecular complexity index is 560. The van der Waals surface area contributed by atoms with Gasteiger partial charge in [0, 0.05) is 11.6 Å². The zero-order valence-electron chi connectivity index (χ0n) is 12.4. The summed E-state index contributed by atoms with van der Waals surface area (Å²) in [5.74, 6) is -0.122. The van der Waals surface area contributed by atoms with Crippen molar-refractivity contribution in [1.29, 1.82) is 0 Å². The number of aryl methyl sites for hydroxylation is 2. The van der Waals surface area contributed by atoms with Gasteiger partial charge in [0.05, 0.1) is 0 Å². The molecule has 2 rings (SSSR count). The molecule has 2 aromatic rings. The van der Waals surface area contributed by atoms with Crippen LogP contribution in [0.4, 0.5) is 4.39 Å². The predicted molar refractivity (Wildman–Crippen MR) is 82.4 cm³/mol. The predicted octanol–water partition coefficient (Wildman–Crippen LogP) is 4.34. The summed E-state index contributed by atoms with van der Waals surface area (Å²) < 4.78 is 14.2. The summed E-state index contributed by atoms with van der Waals surface area (Å²) in [6, 6.07) is 13.9. The minimum absolute atomic E-state index is 0.0170. The first-order valence-corrected chi connectivity index (χ1v) is 7.15. The van der Waals surface area contributed by atoms with Gasteiger partial charge in [-0.05, 0) is 44.0 Å². The van der Waals surface area contributed by atoms with E-state index in [-0.39, 0.29) is 11.9 Å². The summed E-state index contributed by atoms with van der Waals surface area (Å²) >= 11 is 0. The highest BCUT2D eigenvalue weighted by molar-refractivity contribution is 5.29. The van der Waals surface area contributed by atoms with Gasteiger partial charge >= 0.3 is 0 Å². The Morgan fingerprint density at radius 3 is 2.25 bits per heavy atom. The molecule has 0 saturated heterocycles. The lowest BCUT2D eigenvalue weighted by atomic mass is 9.97. The second-order valence-corrected chi connectivity index (χ2v) is 5.32. The van der Waals surface area contributed by atoms with Gasteiger partial charge in [-0.2, -0.15) is 0 Å². The first kappa shape index (κ1) is 14.7. The third-order valence-electron chi connectivity index (χ3n) is 3.54. The lowest BCUT2D eigenvalue weighted by molar-refractivity contribution is 0.509. The van der Waals surface area contributed by atoms with E-state index in [0.29, 0.717) is 0 Å². The Morgan fingerprint density at radius 2 is 1.65 bits per heavy atom. The second-order valence-electron chi connectivity index (χ2n) is 5.32. The molecule has 0 aliphatic heterocycles. The Kier molecular flexibility index (Phi) is 4.91. The lowest BCUT2D eigenvalue weighted by Gasteiger charge is -2.19. The molecule has 0 fully saturated rings. The first-order chi connectivity index (χ1) is 9.60. The molecule has 0 heterocycles. The molecule has 1 atom stereocenters. The highest BCUT2D eigenvalue weighted by atomic mass is 19.1. The van der Waals surface area contributed by atoms with Crippen LogP contribution in [0.5, 0.6) is 0 Å². The van der Waals surface area contributed by atoms with Crippen LogP contribution in [-0.2, 0) is 6.42 Å². The maximum atomic E-state index is 14.2. The van der Waals surface area contributed by atoms with E-state index in [2.05, 4.69) is 36.5 Å². The topological polar surface area (TPSA) is 12.0 Å². The summed E-state index contributed by atoms with van der Waals surface area (Å²) in [5.41, 5.74) is 4.17. The number of rotatable bonds is 5. The molecule has 0 bridgehead atoms. The van der Waals surface area contributed by atoms with Crippen LogP contribution in [0.25, 0.3) is 0 Å². The van der Waals surface area contributed by atoms with Crippen molar-refractivity contribution in [2.45, 2.75) is 33.2 Å². The fraction of sp³-hybridized carbons (Fsp3) is 0.333. The third kappa shape index (κ3) is 3.67. The van der Waals surface area contributed by atoms with Gasteiger partial charge in [0.2, 0.25) is 0 Å². The Labute approximate surface area is 120 Å². The SMILES string of the molecule is CCNC(Cc1ccc(C)cc1)c1ccc(C)cc1F. The normalized spacial score (nSPS) is 12.4. The van der Waals surface area contributed by atoms with Crippen LogP contribution in [0.15, 0.2) is 42.5 Å². The van der Waals surface area contributed by atoms with Crippen LogP contribution in [0.1, 0.15) is 35.2 Å². The molecule has 0 aliphatic rings. The van der Waals surface area contributed by atoms with Gasteiger partial charge in [-0.1, -0.05) is 48.9 Å². The van der Waals surface area contributed by atoms with E-state index in [1.54, 1.807) is 6.07 Å². The third-order valence-corrected chi connectivity index (χ3v) is 3.54. The number of nitrogens with one attached hydrogen (secondary N) is 1. The molecule has 20 heavy (non-hydrogen) atoms. The smallest absolute Gasteiger partial charge is 0.128 e. The van der Waals surface area contributed by atoms with Crippen molar-refractivity contribution in [3.63, 3.8) is 0 Å². The highest BCUT2D eigenvalue weighted by Gasteiger charge is 2.15. The van der Waals surface area contributed by atoms with Crippen LogP contribution in [0, 0.1) is 19.7 Å². The molecule has 0 spiro atoms. The average Bonchev–Trinajstić information content (AvgIpc) is 2.41. The van der Waals surface area contributed by atoms with Gasteiger partial charge in [-0.15, -0.1) is 0 Å². The van der Waals surface area contributed by atoms with E-state index >= 15 is 0 Å². The molecule has 1 unspecified atom stereocenters. The molecule has 1 nitrogen and oxygen atoms in total. The van der Waals surface area contributed by atoms with Crippen molar-refractivity contribution in [1.82, 2.24) is 5.32 Å². The molecule has 0 amide bonds. The average molecular weight is 271 g/mol. The molecule has 0 radical (unpaired) electrons. The van der Waals surface area contributed by atoms with E-state index in [1.807, 2.05) is 26.0 Å². The van der Waals surface area contributed by atoms with Crippen LogP contribution in [-0.4, -0.2) is 6.54 Å². The van der Waals surface area contributed by atoms with E-state index < -0.39 is 0 Å². The minimum atomic E-state index is -0.122. The van der Waals surface area contributed by atoms with Crippen molar-refractivity contribution in [2.75, 3.05) is 6.54 Å². The maximum absolute atomic E-state index is 14.2. The van der Waals surface area contributed by atoms with Crippen LogP contribution in [0.3, 0.4) is 0 Å². The lowest BCUT2D eigenvalue weighted by Crippen LogP contribution is -2.24. The molecule has 2 aromatic carbocycles. The van der Waals surface area contributed by atoms with E-state index in [4.69, 9.17) is 0 Å². The van der Waals surface area contributed by atoms with Crippen molar-refractivity contribution < 1.29 is 4.39 Å². The molecule has 1 N–H and O–H groups in total. The van der Waals surface area contributed by atoms with Crippen molar-refractivity contribution in [2.24, 2.45) is 0 Å². The van der Waals surface area contributed by atoms with Gasteiger partial charge < -0.3 is 5.32 Å². The Morgan fingerprint density at radius 1 is 1.00 bits per heavy atom. The number of hydrogen-bond donors (Lipinski definition) is 1. The number of halogens is 1. The molecule has 0 saturated carbocycles. The van der Waals surface area contributed by atoms with E-state index in [1.165, 1.54) is 11.1 Å². The fourth-order valence-corrected chi connectivity index (χ4v) is 2.41. The number of likely N-dealkylation sites (N-methyl/N-ethyl adjacent to an activating group) is 1. The van der Waals surface area contributed by atoms with E-state index in [9.17, 15) is 4.39 Å². The van der Waals surface area contributed by atoms with Crippen molar-refractivity contribution in [3.05, 3.63) is 70.5 Å². The Balaban J connectivity index is 2.24. The fourth-order valence-electron chi connectivity index (χ4n) is 2.41. The zero-order valence-corrected chi connectivity index (χ0v) is 12.4. The molecule has 0 aliphatic carbocycles. The second kappa shape index (κ2) is 6.67. The quantitative estimate of drug-likeness (QED) is 0.853. The van der Waals surface area contributed by atoms with Gasteiger partial charge in [-0.25, -0.2) is 4.39 Å². The van der Waals surface area contributed by atoms with Crippen LogP contribution in [0.2, 0.25) is 0 Å². The Hall–Kier alpha value is -1.67. The summed E-state index contributed by atoms with van der Waals surface area (Å²) in [6.45, 7) is 6.86. The van der Waals surface area contributed by atoms with Crippen molar-refractivity contribution >= 4 is 0 Å². The molecule has 0 aromatic heterocycles. The standard InChI is InChI=1S/C18H22FN/c1-4-20-18(12-15-8-5-13(2)6-9-15)16-10-7-14(3)11-17(16)19/h5-11,18,20H,4,12H2,1-3H3. The van der Waals surface area contributed by atoms with Gasteiger partial charge in [0.15, 0.2) is 0 Å². The molecule has 2 heteroatoms. The monoisotopic (exact) mass is 271 g/mol. The van der Waals surface area contributed by atoms with E-state index in [0.717, 1.165) is 24.1 Å². The van der Waals surface area contributed by atoms with Gasteiger partial charge in [0.1, 0.15) is 5.82 Å². The minimum Gasteiger partial charge on any atom is -0.310 e. The summed E-state index contributed by atoms with van der Waals surface area (Å²) in [6.07, 6.45) is 0.800. The summed E-state index contributed by atoms with van der Waals surface area (Å²) in [5, 5.41) is 3.38. The molecular weight excluding hydrogens is 249 g/mol. The molecular formula is C18H22FN. The van der Waals surface area contributed by atoms with Gasteiger partial charge in [-0.3, -0.25) is 0 Å². The summed E-state index contributed by atoms with van der Waals surface area (Å²) in [7, 11) is 0. The van der Waals surface area contributed by atoms with Crippen LogP contribution >= 0.6 is 0 Å². The van der Waals surface area contributed by atoms with Crippen molar-refractivity contribution in [3.8, 4) is 0 Å². The molecule has 106 valence electrons. The van der Waals surface area contributed by atoms with Crippen LogP contribution < -0.4 is 5.32 Å². The first-order valence-electron chi connectivity index (χ1n) is 7.15. The van der Waals surface area contributed by atoms with Gasteiger partial charge in [0.25, 0.3) is 0 Å². The summed E-state index contributed by atoms with van der Waals surface area (Å²) in [4.78, 5) is 0. The highest BCUT2D eigenvalue weighted by Crippen LogP contribution is 2.22. The number of hydrogen-bond acceptors (Lipinski definition) is 1. The zero-order chi connectivity index (χ0) is 14.5. The number of benzene rings is 2. The largest absolute Gasteiger partial charge is 0.310 e.